The van der Waals surface area contributed by atoms with E-state index < -0.39 is 5.60 Å². The van der Waals surface area contributed by atoms with Crippen LogP contribution in [0, 0.1) is 22.7 Å². The van der Waals surface area contributed by atoms with Gasteiger partial charge < -0.3 is 20.3 Å². The first-order valence-corrected chi connectivity index (χ1v) is 8.42. The number of hydrogen-bond acceptors (Lipinski definition) is 6. The van der Waals surface area contributed by atoms with Gasteiger partial charge in [0.2, 0.25) is 0 Å². The average Bonchev–Trinajstić information content (AvgIpc) is 3.04. The molecule has 0 spiro atoms. The number of rotatable bonds is 4. The molecule has 1 unspecified atom stereocenters. The number of nitrogens with zero attached hydrogens (tertiary/aromatic N) is 3. The van der Waals surface area contributed by atoms with Crippen LogP contribution in [0.25, 0.3) is 0 Å². The van der Waals surface area contributed by atoms with Gasteiger partial charge in [0, 0.05) is 36.7 Å². The molecule has 1 saturated heterocycles. The number of allylic oxidation sites excluding steroid dienone is 1. The van der Waals surface area contributed by atoms with Gasteiger partial charge in [-0.15, -0.1) is 0 Å². The number of anilines is 2. The second-order valence-electron chi connectivity index (χ2n) is 7.06. The third-order valence-electron chi connectivity index (χ3n) is 3.72. The zero-order valence-corrected chi connectivity index (χ0v) is 15.2. The Balaban J connectivity index is 1.87. The summed E-state index contributed by atoms with van der Waals surface area (Å²) >= 11 is 0. The van der Waals surface area contributed by atoms with Crippen molar-refractivity contribution in [2.24, 2.45) is 0 Å². The fraction of sp³-hybridized carbons (Fsp3) is 0.421. The largest absolute Gasteiger partial charge is 0.444 e. The number of nitrogens with one attached hydrogen (secondary N) is 2. The lowest BCUT2D eigenvalue weighted by Gasteiger charge is -2.24. The Labute approximate surface area is 153 Å². The van der Waals surface area contributed by atoms with Crippen molar-refractivity contribution in [1.29, 1.82) is 10.5 Å². The van der Waals surface area contributed by atoms with Crippen molar-refractivity contribution >= 4 is 17.5 Å². The first-order chi connectivity index (χ1) is 12.3. The molecular formula is C19H23N5O2. The molecule has 0 radical (unpaired) electrons. The molecule has 7 heteroatoms. The topological polar surface area (TPSA) is 101 Å². The maximum atomic E-state index is 12.1. The summed E-state index contributed by atoms with van der Waals surface area (Å²) in [5.41, 5.74) is 1.24. The molecule has 1 fully saturated rings. The van der Waals surface area contributed by atoms with Crippen LogP contribution in [0.3, 0.4) is 0 Å². The van der Waals surface area contributed by atoms with E-state index in [9.17, 15) is 4.79 Å². The molecule has 0 saturated carbocycles. The summed E-state index contributed by atoms with van der Waals surface area (Å²) in [5, 5.41) is 23.7. The van der Waals surface area contributed by atoms with Gasteiger partial charge in [-0.1, -0.05) is 0 Å². The predicted molar refractivity (Wildman–Crippen MR) is 99.2 cm³/mol. The highest BCUT2D eigenvalue weighted by molar-refractivity contribution is 5.68. The molecule has 1 aliphatic rings. The third kappa shape index (κ3) is 5.71. The highest BCUT2D eigenvalue weighted by Crippen LogP contribution is 2.20. The monoisotopic (exact) mass is 353 g/mol. The minimum Gasteiger partial charge on any atom is -0.444 e. The predicted octanol–water partition coefficient (Wildman–Crippen LogP) is 3.45. The second kappa shape index (κ2) is 8.26. The van der Waals surface area contributed by atoms with E-state index in [1.165, 1.54) is 6.20 Å². The lowest BCUT2D eigenvalue weighted by atomic mass is 10.2. The van der Waals surface area contributed by atoms with E-state index in [0.29, 0.717) is 13.1 Å². The summed E-state index contributed by atoms with van der Waals surface area (Å²) in [6, 6.07) is 11.3. The van der Waals surface area contributed by atoms with Gasteiger partial charge in [-0.05, 0) is 51.5 Å². The van der Waals surface area contributed by atoms with Crippen LogP contribution >= 0.6 is 0 Å². The number of amides is 1. The Morgan fingerprint density at radius 2 is 1.85 bits per heavy atom. The van der Waals surface area contributed by atoms with Crippen LogP contribution in [0.1, 0.15) is 27.2 Å². The van der Waals surface area contributed by atoms with Crippen molar-refractivity contribution in [3.05, 3.63) is 36.0 Å². The zero-order chi connectivity index (χ0) is 19.2. The summed E-state index contributed by atoms with van der Waals surface area (Å²) in [7, 11) is 0. The van der Waals surface area contributed by atoms with Gasteiger partial charge in [0.25, 0.3) is 0 Å². The number of hydrogen-bond donors (Lipinski definition) is 2. The standard InChI is InChI=1S/C19H23N5O2/c1-19(2,3)26-18(25)24-9-8-17(13-24)23-16-6-4-15(5-7-16)22-12-14(10-20)11-21/h4-7,12,17,22-23H,8-9,13H2,1-3H3. The van der Waals surface area contributed by atoms with Gasteiger partial charge >= 0.3 is 6.09 Å². The molecule has 2 rings (SSSR count). The molecule has 1 atom stereocenters. The van der Waals surface area contributed by atoms with Crippen molar-refractivity contribution in [3.8, 4) is 12.1 Å². The van der Waals surface area contributed by atoms with Crippen molar-refractivity contribution in [3.63, 3.8) is 0 Å². The average molecular weight is 353 g/mol. The summed E-state index contributed by atoms with van der Waals surface area (Å²) in [6.45, 7) is 6.85. The van der Waals surface area contributed by atoms with Gasteiger partial charge in [-0.2, -0.15) is 10.5 Å². The van der Waals surface area contributed by atoms with Crippen molar-refractivity contribution in [2.45, 2.75) is 38.8 Å². The molecule has 0 aliphatic carbocycles. The van der Waals surface area contributed by atoms with E-state index in [0.717, 1.165) is 17.8 Å². The maximum Gasteiger partial charge on any atom is 0.410 e. The van der Waals surface area contributed by atoms with Gasteiger partial charge in [0.1, 0.15) is 23.3 Å². The molecule has 1 amide bonds. The zero-order valence-electron chi connectivity index (χ0n) is 15.2. The lowest BCUT2D eigenvalue weighted by molar-refractivity contribution is 0.0293. The molecule has 1 aliphatic heterocycles. The number of ether oxygens (including phenoxy) is 1. The van der Waals surface area contributed by atoms with E-state index in [1.54, 1.807) is 17.0 Å². The molecule has 1 aromatic rings. The summed E-state index contributed by atoms with van der Waals surface area (Å²) in [5.74, 6) is 0. The Morgan fingerprint density at radius 3 is 2.42 bits per heavy atom. The smallest absolute Gasteiger partial charge is 0.410 e. The molecule has 1 aromatic carbocycles. The van der Waals surface area contributed by atoms with Crippen LogP contribution in [0.15, 0.2) is 36.0 Å². The van der Waals surface area contributed by atoms with Crippen molar-refractivity contribution < 1.29 is 9.53 Å². The lowest BCUT2D eigenvalue weighted by Crippen LogP contribution is -2.36. The Morgan fingerprint density at radius 1 is 1.23 bits per heavy atom. The minimum absolute atomic E-state index is 0.0143. The van der Waals surface area contributed by atoms with E-state index in [2.05, 4.69) is 10.6 Å². The Kier molecular flexibility index (Phi) is 6.08. The van der Waals surface area contributed by atoms with Crippen LogP contribution in [-0.4, -0.2) is 35.7 Å². The fourth-order valence-electron chi connectivity index (χ4n) is 2.51. The first kappa shape index (κ1) is 19.1. The van der Waals surface area contributed by atoms with Crippen LogP contribution in [0.2, 0.25) is 0 Å². The minimum atomic E-state index is -0.489. The van der Waals surface area contributed by atoms with Gasteiger partial charge in [-0.25, -0.2) is 4.79 Å². The number of benzene rings is 1. The molecule has 1 heterocycles. The molecule has 2 N–H and O–H groups in total. The fourth-order valence-corrected chi connectivity index (χ4v) is 2.51. The Bertz CT molecular complexity index is 734. The van der Waals surface area contributed by atoms with E-state index in [1.807, 2.05) is 45.0 Å². The third-order valence-corrected chi connectivity index (χ3v) is 3.72. The molecule has 7 nitrogen and oxygen atoms in total. The van der Waals surface area contributed by atoms with E-state index in [-0.39, 0.29) is 17.7 Å². The van der Waals surface area contributed by atoms with Crippen molar-refractivity contribution in [1.82, 2.24) is 4.90 Å². The Hall–Kier alpha value is -3.19. The highest BCUT2D eigenvalue weighted by atomic mass is 16.6. The number of nitriles is 2. The molecule has 0 bridgehead atoms. The normalized spacial score (nSPS) is 16.2. The number of carbonyl (C=O) groups excluding carboxylic acids is 1. The number of carbonyl (C=O) groups is 1. The van der Waals surface area contributed by atoms with Gasteiger partial charge in [0.15, 0.2) is 0 Å². The van der Waals surface area contributed by atoms with Crippen LogP contribution in [0.4, 0.5) is 16.2 Å². The molecule has 136 valence electrons. The van der Waals surface area contributed by atoms with Gasteiger partial charge in [0.05, 0.1) is 0 Å². The molecule has 0 aromatic heterocycles. The first-order valence-electron chi connectivity index (χ1n) is 8.42. The summed E-state index contributed by atoms with van der Waals surface area (Å²) in [6.07, 6.45) is 1.95. The van der Waals surface area contributed by atoms with E-state index >= 15 is 0 Å². The second-order valence-corrected chi connectivity index (χ2v) is 7.06. The number of likely N-dealkylation sites (tertiary alicyclic amines) is 1. The maximum absolute atomic E-state index is 12.1. The molecular weight excluding hydrogens is 330 g/mol. The molecule has 26 heavy (non-hydrogen) atoms. The van der Waals surface area contributed by atoms with E-state index in [4.69, 9.17) is 15.3 Å². The SMILES string of the molecule is CC(C)(C)OC(=O)N1CCC(Nc2ccc(NC=C(C#N)C#N)cc2)C1. The van der Waals surface area contributed by atoms with Crippen molar-refractivity contribution in [2.75, 3.05) is 23.7 Å². The quantitative estimate of drug-likeness (QED) is 0.804. The highest BCUT2D eigenvalue weighted by Gasteiger charge is 2.29. The van der Waals surface area contributed by atoms with Crippen LogP contribution < -0.4 is 10.6 Å². The van der Waals surface area contributed by atoms with Gasteiger partial charge in [-0.3, -0.25) is 0 Å². The van der Waals surface area contributed by atoms with Crippen LogP contribution in [-0.2, 0) is 4.74 Å². The van der Waals surface area contributed by atoms with Crippen LogP contribution in [0.5, 0.6) is 0 Å². The summed E-state index contributed by atoms with van der Waals surface area (Å²) < 4.78 is 5.40. The summed E-state index contributed by atoms with van der Waals surface area (Å²) in [4.78, 5) is 13.8.